The van der Waals surface area contributed by atoms with Crippen LogP contribution in [-0.4, -0.2) is 35.8 Å². The van der Waals surface area contributed by atoms with E-state index in [1.165, 1.54) is 4.68 Å². The van der Waals surface area contributed by atoms with Crippen LogP contribution in [0.5, 0.6) is 0 Å². The number of anilines is 1. The summed E-state index contributed by atoms with van der Waals surface area (Å²) in [6.07, 6.45) is 0.816. The minimum atomic E-state index is -0.241. The highest BCUT2D eigenvalue weighted by Gasteiger charge is 2.10. The van der Waals surface area contributed by atoms with Gasteiger partial charge >= 0.3 is 0 Å². The minimum Gasteiger partial charge on any atom is -0.375 e. The lowest BCUT2D eigenvalue weighted by molar-refractivity contribution is -0.121. The second-order valence-corrected chi connectivity index (χ2v) is 6.55. The van der Waals surface area contributed by atoms with Crippen LogP contribution < -0.4 is 15.8 Å². The maximum atomic E-state index is 12.5. The molecule has 1 N–H and O–H groups in total. The van der Waals surface area contributed by atoms with E-state index in [1.807, 2.05) is 50.4 Å². The fraction of sp³-hybridized carbons (Fsp3) is 0.286. The molecule has 140 valence electrons. The minimum absolute atomic E-state index is 0.0704. The molecular formula is C21H24N4O2. The third kappa shape index (κ3) is 4.53. The standard InChI is InChI=1S/C21H24N4O2/c1-16-18-11-6-7-12-19(18)21(27)25(23-16)15-20(26)22-13-8-14-24(2)17-9-4-3-5-10-17/h3-7,9-12H,8,13-15H2,1-2H3,(H,22,26). The third-order valence-corrected chi connectivity index (χ3v) is 4.54. The van der Waals surface area contributed by atoms with Crippen molar-refractivity contribution in [3.8, 4) is 0 Å². The Morgan fingerprint density at radius 2 is 1.74 bits per heavy atom. The van der Waals surface area contributed by atoms with E-state index >= 15 is 0 Å². The number of carbonyl (C=O) groups excluding carboxylic acids is 1. The number of carbonyl (C=O) groups is 1. The molecule has 3 rings (SSSR count). The average molecular weight is 364 g/mol. The van der Waals surface area contributed by atoms with Gasteiger partial charge in [0.1, 0.15) is 6.54 Å². The van der Waals surface area contributed by atoms with E-state index in [0.717, 1.165) is 29.7 Å². The number of aromatic nitrogens is 2. The average Bonchev–Trinajstić information content (AvgIpc) is 2.70. The summed E-state index contributed by atoms with van der Waals surface area (Å²) in [7, 11) is 2.03. The van der Waals surface area contributed by atoms with Crippen LogP contribution in [0.1, 0.15) is 12.1 Å². The second-order valence-electron chi connectivity index (χ2n) is 6.55. The van der Waals surface area contributed by atoms with Crippen molar-refractivity contribution in [1.82, 2.24) is 15.1 Å². The number of fused-ring (bicyclic) bond motifs is 1. The molecule has 0 aliphatic carbocycles. The summed E-state index contributed by atoms with van der Waals surface area (Å²) in [4.78, 5) is 26.9. The van der Waals surface area contributed by atoms with E-state index in [9.17, 15) is 9.59 Å². The Morgan fingerprint density at radius 3 is 2.48 bits per heavy atom. The van der Waals surface area contributed by atoms with E-state index in [-0.39, 0.29) is 18.0 Å². The lowest BCUT2D eigenvalue weighted by atomic mass is 10.1. The normalized spacial score (nSPS) is 10.7. The van der Waals surface area contributed by atoms with Crippen LogP contribution in [0.3, 0.4) is 0 Å². The molecule has 6 heteroatoms. The second kappa shape index (κ2) is 8.49. The van der Waals surface area contributed by atoms with Gasteiger partial charge in [0.2, 0.25) is 5.91 Å². The highest BCUT2D eigenvalue weighted by atomic mass is 16.2. The van der Waals surface area contributed by atoms with E-state index < -0.39 is 0 Å². The summed E-state index contributed by atoms with van der Waals surface area (Å²) in [5.41, 5.74) is 1.64. The molecule has 1 amide bonds. The first kappa shape index (κ1) is 18.6. The monoisotopic (exact) mass is 364 g/mol. The van der Waals surface area contributed by atoms with Gasteiger partial charge in [0.05, 0.1) is 11.1 Å². The molecule has 0 fully saturated rings. The van der Waals surface area contributed by atoms with Crippen molar-refractivity contribution >= 4 is 22.4 Å². The molecule has 27 heavy (non-hydrogen) atoms. The van der Waals surface area contributed by atoms with E-state index in [4.69, 9.17) is 0 Å². The Balaban J connectivity index is 1.53. The smallest absolute Gasteiger partial charge is 0.275 e. The number of hydrogen-bond donors (Lipinski definition) is 1. The van der Waals surface area contributed by atoms with Crippen molar-refractivity contribution in [2.24, 2.45) is 0 Å². The van der Waals surface area contributed by atoms with Crippen LogP contribution in [0.2, 0.25) is 0 Å². The number of nitrogens with zero attached hydrogens (tertiary/aromatic N) is 3. The fourth-order valence-electron chi connectivity index (χ4n) is 3.06. The number of hydrogen-bond acceptors (Lipinski definition) is 4. The highest BCUT2D eigenvalue weighted by molar-refractivity contribution is 5.83. The van der Waals surface area contributed by atoms with Gasteiger partial charge in [-0.25, -0.2) is 4.68 Å². The van der Waals surface area contributed by atoms with Crippen molar-refractivity contribution < 1.29 is 4.79 Å². The molecule has 0 atom stereocenters. The van der Waals surface area contributed by atoms with Gasteiger partial charge in [-0.15, -0.1) is 0 Å². The molecule has 0 aliphatic rings. The number of para-hydroxylation sites is 1. The van der Waals surface area contributed by atoms with Crippen LogP contribution in [0.25, 0.3) is 10.8 Å². The van der Waals surface area contributed by atoms with Crippen molar-refractivity contribution in [2.45, 2.75) is 19.9 Å². The number of rotatable bonds is 7. The van der Waals surface area contributed by atoms with Crippen LogP contribution >= 0.6 is 0 Å². The fourth-order valence-corrected chi connectivity index (χ4v) is 3.06. The van der Waals surface area contributed by atoms with Gasteiger partial charge in [-0.1, -0.05) is 36.4 Å². The maximum absolute atomic E-state index is 12.5. The summed E-state index contributed by atoms with van der Waals surface area (Å²) in [6, 6.07) is 17.4. The summed E-state index contributed by atoms with van der Waals surface area (Å²) in [6.45, 7) is 3.16. The molecule has 0 bridgehead atoms. The SMILES string of the molecule is Cc1nn(CC(=O)NCCCN(C)c2ccccc2)c(=O)c2ccccc12. The third-order valence-electron chi connectivity index (χ3n) is 4.54. The van der Waals surface area contributed by atoms with Crippen LogP contribution in [0, 0.1) is 6.92 Å². The molecule has 0 saturated heterocycles. The van der Waals surface area contributed by atoms with Gasteiger partial charge in [0.25, 0.3) is 5.56 Å². The summed E-state index contributed by atoms with van der Waals surface area (Å²) >= 11 is 0. The first-order valence-corrected chi connectivity index (χ1v) is 9.05. The summed E-state index contributed by atoms with van der Waals surface area (Å²) in [5.74, 6) is -0.207. The zero-order valence-electron chi connectivity index (χ0n) is 15.7. The zero-order valence-corrected chi connectivity index (χ0v) is 15.7. The number of aryl methyl sites for hydroxylation is 1. The molecule has 0 spiro atoms. The summed E-state index contributed by atoms with van der Waals surface area (Å²) < 4.78 is 1.24. The molecule has 1 heterocycles. The van der Waals surface area contributed by atoms with Gasteiger partial charge in [-0.3, -0.25) is 9.59 Å². The van der Waals surface area contributed by atoms with Crippen LogP contribution in [0.4, 0.5) is 5.69 Å². The predicted molar refractivity (Wildman–Crippen MR) is 108 cm³/mol. The molecule has 1 aromatic heterocycles. The Hall–Kier alpha value is -3.15. The topological polar surface area (TPSA) is 67.2 Å². The van der Waals surface area contributed by atoms with Gasteiger partial charge < -0.3 is 10.2 Å². The van der Waals surface area contributed by atoms with Gasteiger partial charge in [-0.2, -0.15) is 5.10 Å². The number of benzene rings is 2. The predicted octanol–water partition coefficient (Wildman–Crippen LogP) is 2.35. The Labute approximate surface area is 158 Å². The Bertz CT molecular complexity index is 982. The quantitative estimate of drug-likeness (QED) is 0.654. The molecule has 2 aromatic carbocycles. The lowest BCUT2D eigenvalue weighted by Gasteiger charge is -2.19. The van der Waals surface area contributed by atoms with E-state index in [1.54, 1.807) is 6.07 Å². The van der Waals surface area contributed by atoms with Crippen molar-refractivity contribution in [2.75, 3.05) is 25.0 Å². The zero-order chi connectivity index (χ0) is 19.2. The van der Waals surface area contributed by atoms with Crippen molar-refractivity contribution in [1.29, 1.82) is 0 Å². The molecule has 3 aromatic rings. The van der Waals surface area contributed by atoms with Gasteiger partial charge in [0, 0.05) is 31.2 Å². The largest absolute Gasteiger partial charge is 0.375 e. The number of amides is 1. The number of nitrogens with one attached hydrogen (secondary N) is 1. The molecule has 6 nitrogen and oxygen atoms in total. The molecule has 0 radical (unpaired) electrons. The lowest BCUT2D eigenvalue weighted by Crippen LogP contribution is -2.35. The van der Waals surface area contributed by atoms with Crippen molar-refractivity contribution in [3.05, 3.63) is 70.6 Å². The van der Waals surface area contributed by atoms with Crippen LogP contribution in [-0.2, 0) is 11.3 Å². The first-order valence-electron chi connectivity index (χ1n) is 9.05. The molecule has 0 aliphatic heterocycles. The van der Waals surface area contributed by atoms with Gasteiger partial charge in [-0.05, 0) is 31.5 Å². The van der Waals surface area contributed by atoms with Crippen molar-refractivity contribution in [3.63, 3.8) is 0 Å². The van der Waals surface area contributed by atoms with E-state index in [0.29, 0.717) is 11.9 Å². The molecule has 0 unspecified atom stereocenters. The molecule has 0 saturated carbocycles. The maximum Gasteiger partial charge on any atom is 0.275 e. The van der Waals surface area contributed by atoms with Gasteiger partial charge in [0.15, 0.2) is 0 Å². The highest BCUT2D eigenvalue weighted by Crippen LogP contribution is 2.12. The molecular weight excluding hydrogens is 340 g/mol. The summed E-state index contributed by atoms with van der Waals surface area (Å²) in [5, 5.41) is 8.55. The first-order chi connectivity index (χ1) is 13.1. The van der Waals surface area contributed by atoms with E-state index in [2.05, 4.69) is 27.4 Å². The Kier molecular flexibility index (Phi) is 5.86. The Morgan fingerprint density at radius 1 is 1.07 bits per heavy atom. The van der Waals surface area contributed by atoms with Crippen LogP contribution in [0.15, 0.2) is 59.4 Å².